The number of ether oxygens (including phenoxy) is 2. The first-order valence-electron chi connectivity index (χ1n) is 9.39. The van der Waals surface area contributed by atoms with Crippen LogP contribution < -0.4 is 4.74 Å². The van der Waals surface area contributed by atoms with Gasteiger partial charge in [-0.2, -0.15) is 0 Å². The van der Waals surface area contributed by atoms with Gasteiger partial charge in [0.1, 0.15) is 12.4 Å². The highest BCUT2D eigenvalue weighted by atomic mass is 16.5. The van der Waals surface area contributed by atoms with Gasteiger partial charge in [-0.3, -0.25) is 19.3 Å². The Morgan fingerprint density at radius 2 is 1.75 bits per heavy atom. The molecule has 1 aromatic carbocycles. The van der Waals surface area contributed by atoms with Crippen molar-refractivity contribution >= 4 is 17.3 Å². The van der Waals surface area contributed by atoms with Crippen molar-refractivity contribution in [2.45, 2.75) is 26.8 Å². The maximum absolute atomic E-state index is 12.7. The lowest BCUT2D eigenvalue weighted by molar-refractivity contribution is -0.132. The van der Waals surface area contributed by atoms with Gasteiger partial charge in [-0.15, -0.1) is 0 Å². The molecule has 1 unspecified atom stereocenters. The normalized spacial score (nSPS) is 21.3. The van der Waals surface area contributed by atoms with E-state index in [2.05, 4.69) is 0 Å². The molecule has 0 N–H and O–H groups in total. The maximum Gasteiger partial charge on any atom is 0.189 e. The Kier molecular flexibility index (Phi) is 6.21. The number of carbonyl (C=O) groups is 3. The van der Waals surface area contributed by atoms with Crippen molar-refractivity contribution in [2.75, 3.05) is 32.9 Å². The predicted molar refractivity (Wildman–Crippen MR) is 104 cm³/mol. The van der Waals surface area contributed by atoms with Crippen LogP contribution >= 0.6 is 0 Å². The lowest BCUT2D eigenvalue weighted by Crippen LogP contribution is -2.52. The fourth-order valence-corrected chi connectivity index (χ4v) is 3.44. The van der Waals surface area contributed by atoms with Crippen LogP contribution in [-0.4, -0.2) is 61.2 Å². The molecule has 1 fully saturated rings. The molecule has 0 bridgehead atoms. The van der Waals surface area contributed by atoms with E-state index >= 15 is 0 Å². The van der Waals surface area contributed by atoms with Crippen LogP contribution in [0.2, 0.25) is 0 Å². The first-order valence-corrected chi connectivity index (χ1v) is 9.39. The van der Waals surface area contributed by atoms with E-state index in [0.29, 0.717) is 41.2 Å². The van der Waals surface area contributed by atoms with Gasteiger partial charge in [0, 0.05) is 35.4 Å². The van der Waals surface area contributed by atoms with E-state index in [0.717, 1.165) is 0 Å². The molecule has 0 aromatic heterocycles. The first kappa shape index (κ1) is 20.2. The average molecular weight is 383 g/mol. The fraction of sp³-hybridized carbons (Fsp3) is 0.409. The second kappa shape index (κ2) is 8.63. The Hall–Kier alpha value is -2.57. The molecular weight excluding hydrogens is 358 g/mol. The van der Waals surface area contributed by atoms with Crippen molar-refractivity contribution in [2.24, 2.45) is 0 Å². The number of rotatable bonds is 6. The van der Waals surface area contributed by atoms with Gasteiger partial charge in [0.05, 0.1) is 19.3 Å². The monoisotopic (exact) mass is 383 g/mol. The van der Waals surface area contributed by atoms with Crippen LogP contribution in [0, 0.1) is 0 Å². The maximum atomic E-state index is 12.7. The minimum absolute atomic E-state index is 0.0719. The molecule has 1 atom stereocenters. The number of Topliss-reactive ketones (excluding diaryl/α,β-unsaturated/α-hetero) is 3. The van der Waals surface area contributed by atoms with Crippen LogP contribution in [0.1, 0.15) is 20.8 Å². The Bertz CT molecular complexity index is 853. The Balaban J connectivity index is 1.72. The summed E-state index contributed by atoms with van der Waals surface area (Å²) in [6.45, 7) is 6.47. The number of hydrogen-bond donors (Lipinski definition) is 0. The van der Waals surface area contributed by atoms with Crippen LogP contribution in [0.15, 0.2) is 52.6 Å². The van der Waals surface area contributed by atoms with Crippen molar-refractivity contribution in [1.82, 2.24) is 4.90 Å². The second-order valence-electron chi connectivity index (χ2n) is 7.14. The third-order valence-electron chi connectivity index (χ3n) is 5.41. The van der Waals surface area contributed by atoms with Crippen molar-refractivity contribution in [1.29, 1.82) is 0 Å². The van der Waals surface area contributed by atoms with Crippen LogP contribution in [0.5, 0.6) is 5.75 Å². The molecule has 28 heavy (non-hydrogen) atoms. The van der Waals surface area contributed by atoms with E-state index in [-0.39, 0.29) is 37.1 Å². The number of allylic oxidation sites excluding steroid dienone is 3. The molecule has 1 heterocycles. The molecule has 1 aliphatic heterocycles. The van der Waals surface area contributed by atoms with Gasteiger partial charge in [0.25, 0.3) is 0 Å². The lowest BCUT2D eigenvalue weighted by Gasteiger charge is -2.35. The summed E-state index contributed by atoms with van der Waals surface area (Å²) in [4.78, 5) is 39.8. The Morgan fingerprint density at radius 1 is 1.07 bits per heavy atom. The molecule has 0 amide bonds. The number of nitrogens with zero attached hydrogens (tertiary/aromatic N) is 1. The second-order valence-corrected chi connectivity index (χ2v) is 7.14. The molecular formula is C22H25NO5. The van der Waals surface area contributed by atoms with E-state index in [1.54, 1.807) is 32.9 Å². The van der Waals surface area contributed by atoms with Gasteiger partial charge in [-0.25, -0.2) is 0 Å². The number of ketones is 3. The zero-order valence-electron chi connectivity index (χ0n) is 16.5. The van der Waals surface area contributed by atoms with E-state index in [4.69, 9.17) is 9.47 Å². The molecule has 0 saturated carbocycles. The van der Waals surface area contributed by atoms with Crippen molar-refractivity contribution in [3.8, 4) is 5.75 Å². The third kappa shape index (κ3) is 4.13. The zero-order chi connectivity index (χ0) is 20.3. The molecule has 1 aliphatic carbocycles. The van der Waals surface area contributed by atoms with Gasteiger partial charge in [-0.1, -0.05) is 18.2 Å². The van der Waals surface area contributed by atoms with Crippen molar-refractivity contribution < 1.29 is 23.9 Å². The van der Waals surface area contributed by atoms with Crippen LogP contribution in [-0.2, 0) is 19.1 Å². The summed E-state index contributed by atoms with van der Waals surface area (Å²) >= 11 is 0. The van der Waals surface area contributed by atoms with E-state index in [1.807, 2.05) is 23.1 Å². The molecule has 6 heteroatoms. The largest absolute Gasteiger partial charge is 0.486 e. The predicted octanol–water partition coefficient (Wildman–Crippen LogP) is 2.14. The summed E-state index contributed by atoms with van der Waals surface area (Å²) in [6.07, 6.45) is 0. The first-order chi connectivity index (χ1) is 13.4. The molecule has 3 rings (SSSR count). The molecule has 1 aromatic rings. The smallest absolute Gasteiger partial charge is 0.189 e. The number of hydrogen-bond acceptors (Lipinski definition) is 6. The van der Waals surface area contributed by atoms with E-state index in [9.17, 15) is 14.4 Å². The average Bonchev–Trinajstić information content (AvgIpc) is 2.73. The minimum Gasteiger partial charge on any atom is -0.486 e. The van der Waals surface area contributed by atoms with E-state index < -0.39 is 6.04 Å². The van der Waals surface area contributed by atoms with Gasteiger partial charge in [0.2, 0.25) is 0 Å². The van der Waals surface area contributed by atoms with Gasteiger partial charge >= 0.3 is 0 Å². The SMILES string of the molecule is CC1=C(C)C(=O)C(CN2CCOCC2C(=O)COc2ccccc2)=C(C)C1=O. The standard InChI is InChI=1S/C22H25NO5/c1-14-15(2)22(26)18(16(3)21(14)25)11-23-9-10-27-12-19(23)20(24)13-28-17-7-5-4-6-8-17/h4-8,19H,9-13H2,1-3H3. The quantitative estimate of drug-likeness (QED) is 0.701. The fourth-order valence-electron chi connectivity index (χ4n) is 3.44. The minimum atomic E-state index is -0.507. The lowest BCUT2D eigenvalue weighted by atomic mass is 9.85. The van der Waals surface area contributed by atoms with Gasteiger partial charge in [-0.05, 0) is 32.9 Å². The summed E-state index contributed by atoms with van der Waals surface area (Å²) in [6, 6.07) is 8.64. The number of benzene rings is 1. The van der Waals surface area contributed by atoms with Crippen molar-refractivity contribution in [3.05, 3.63) is 52.6 Å². The van der Waals surface area contributed by atoms with Gasteiger partial charge in [0.15, 0.2) is 17.3 Å². The van der Waals surface area contributed by atoms with Crippen LogP contribution in [0.4, 0.5) is 0 Å². The summed E-state index contributed by atoms with van der Waals surface area (Å²) in [7, 11) is 0. The number of para-hydroxylation sites is 1. The highest BCUT2D eigenvalue weighted by molar-refractivity contribution is 6.24. The number of carbonyl (C=O) groups excluding carboxylic acids is 3. The highest BCUT2D eigenvalue weighted by Gasteiger charge is 2.34. The molecule has 2 aliphatic rings. The summed E-state index contributed by atoms with van der Waals surface area (Å²) in [5, 5.41) is 0. The molecule has 6 nitrogen and oxygen atoms in total. The van der Waals surface area contributed by atoms with Gasteiger partial charge < -0.3 is 9.47 Å². The highest BCUT2D eigenvalue weighted by Crippen LogP contribution is 2.26. The molecule has 1 saturated heterocycles. The molecule has 148 valence electrons. The Labute approximate surface area is 164 Å². The van der Waals surface area contributed by atoms with E-state index in [1.165, 1.54) is 0 Å². The molecule has 0 spiro atoms. The number of morpholine rings is 1. The third-order valence-corrected chi connectivity index (χ3v) is 5.41. The topological polar surface area (TPSA) is 72.9 Å². The van der Waals surface area contributed by atoms with Crippen LogP contribution in [0.3, 0.4) is 0 Å². The van der Waals surface area contributed by atoms with Crippen molar-refractivity contribution in [3.63, 3.8) is 0 Å². The molecule has 0 radical (unpaired) electrons. The summed E-state index contributed by atoms with van der Waals surface area (Å²) in [5.41, 5.74) is 1.91. The summed E-state index contributed by atoms with van der Waals surface area (Å²) < 4.78 is 11.1. The zero-order valence-corrected chi connectivity index (χ0v) is 16.5. The summed E-state index contributed by atoms with van der Waals surface area (Å²) in [5.74, 6) is 0.297. The van der Waals surface area contributed by atoms with Crippen LogP contribution in [0.25, 0.3) is 0 Å². The Morgan fingerprint density at radius 3 is 2.46 bits per heavy atom.